The number of hydrogen-bond acceptors (Lipinski definition) is 4. The van der Waals surface area contributed by atoms with Crippen LogP contribution in [0.25, 0.3) is 0 Å². The first-order valence-electron chi connectivity index (χ1n) is 3.58. The van der Waals surface area contributed by atoms with Gasteiger partial charge in [-0.3, -0.25) is 4.98 Å². The van der Waals surface area contributed by atoms with Crippen molar-refractivity contribution in [3.05, 3.63) is 24.0 Å². The molecule has 0 bridgehead atoms. The summed E-state index contributed by atoms with van der Waals surface area (Å²) >= 11 is 0. The van der Waals surface area contributed by atoms with Crippen LogP contribution in [0.15, 0.2) is 18.3 Å². The number of rotatable bonds is 2. The van der Waals surface area contributed by atoms with Crippen LogP contribution in [0.3, 0.4) is 0 Å². The average molecular weight is 162 g/mol. The van der Waals surface area contributed by atoms with Gasteiger partial charge in [0, 0.05) is 0 Å². The van der Waals surface area contributed by atoms with Crippen molar-refractivity contribution in [1.29, 1.82) is 5.26 Å². The SMILES string of the molecule is N#CC[C@@H](N)c1ccc(N)cn1. The second-order valence-electron chi connectivity index (χ2n) is 2.49. The van der Waals surface area contributed by atoms with Crippen LogP contribution in [0.4, 0.5) is 5.69 Å². The van der Waals surface area contributed by atoms with Gasteiger partial charge < -0.3 is 11.5 Å². The lowest BCUT2D eigenvalue weighted by Crippen LogP contribution is -2.10. The molecule has 1 atom stereocenters. The van der Waals surface area contributed by atoms with Crippen LogP contribution in [0.2, 0.25) is 0 Å². The quantitative estimate of drug-likeness (QED) is 0.665. The van der Waals surface area contributed by atoms with E-state index in [0.717, 1.165) is 0 Å². The Bertz CT molecular complexity index is 285. The van der Waals surface area contributed by atoms with Crippen molar-refractivity contribution < 1.29 is 0 Å². The Morgan fingerprint density at radius 3 is 2.83 bits per heavy atom. The van der Waals surface area contributed by atoms with E-state index in [4.69, 9.17) is 16.7 Å². The molecule has 0 amide bonds. The molecule has 1 heterocycles. The first-order chi connectivity index (χ1) is 5.74. The average Bonchev–Trinajstić information content (AvgIpc) is 2.06. The molecule has 1 rings (SSSR count). The van der Waals surface area contributed by atoms with Gasteiger partial charge in [0.15, 0.2) is 0 Å². The second-order valence-corrected chi connectivity index (χ2v) is 2.49. The van der Waals surface area contributed by atoms with E-state index in [1.807, 2.05) is 6.07 Å². The molecule has 0 aliphatic rings. The van der Waals surface area contributed by atoms with Gasteiger partial charge in [-0.25, -0.2) is 0 Å². The van der Waals surface area contributed by atoms with Gasteiger partial charge in [0.1, 0.15) is 0 Å². The number of aromatic nitrogens is 1. The molecule has 0 spiro atoms. The summed E-state index contributed by atoms with van der Waals surface area (Å²) in [6.07, 6.45) is 1.81. The number of nitrogen functional groups attached to an aromatic ring is 1. The summed E-state index contributed by atoms with van der Waals surface area (Å²) in [4.78, 5) is 4.00. The van der Waals surface area contributed by atoms with Crippen molar-refractivity contribution in [2.24, 2.45) is 5.73 Å². The smallest absolute Gasteiger partial charge is 0.0642 e. The highest BCUT2D eigenvalue weighted by Gasteiger charge is 2.05. The molecule has 12 heavy (non-hydrogen) atoms. The molecule has 0 radical (unpaired) electrons. The van der Waals surface area contributed by atoms with E-state index < -0.39 is 0 Å². The molecular formula is C8H10N4. The maximum absolute atomic E-state index is 8.37. The van der Waals surface area contributed by atoms with Gasteiger partial charge in [-0.1, -0.05) is 0 Å². The molecule has 0 aliphatic heterocycles. The summed E-state index contributed by atoms with van der Waals surface area (Å²) < 4.78 is 0. The molecule has 0 saturated carbocycles. The fourth-order valence-electron chi connectivity index (χ4n) is 0.839. The monoisotopic (exact) mass is 162 g/mol. The Morgan fingerprint density at radius 2 is 2.33 bits per heavy atom. The van der Waals surface area contributed by atoms with Crippen LogP contribution in [-0.2, 0) is 0 Å². The number of pyridine rings is 1. The number of nitriles is 1. The Kier molecular flexibility index (Phi) is 2.62. The molecule has 4 heteroatoms. The number of nitrogens with two attached hydrogens (primary N) is 2. The molecule has 0 unspecified atom stereocenters. The molecule has 0 aliphatic carbocycles. The molecule has 1 aromatic rings. The molecular weight excluding hydrogens is 152 g/mol. The summed E-state index contributed by atoms with van der Waals surface area (Å²) in [6, 6.07) is 5.13. The Morgan fingerprint density at radius 1 is 1.58 bits per heavy atom. The summed E-state index contributed by atoms with van der Waals surface area (Å²) in [7, 11) is 0. The summed E-state index contributed by atoms with van der Waals surface area (Å²) in [5, 5.41) is 8.37. The minimum absolute atomic E-state index is 0.275. The first-order valence-corrected chi connectivity index (χ1v) is 3.58. The van der Waals surface area contributed by atoms with Gasteiger partial charge in [0.25, 0.3) is 0 Å². The Labute approximate surface area is 70.8 Å². The maximum atomic E-state index is 8.37. The first kappa shape index (κ1) is 8.50. The van der Waals surface area contributed by atoms with Crippen LogP contribution in [0, 0.1) is 11.3 Å². The molecule has 0 aromatic carbocycles. The van der Waals surface area contributed by atoms with Crippen molar-refractivity contribution in [3.8, 4) is 6.07 Å². The normalized spacial score (nSPS) is 12.0. The van der Waals surface area contributed by atoms with Crippen molar-refractivity contribution in [2.75, 3.05) is 5.73 Å². The summed E-state index contributed by atoms with van der Waals surface area (Å²) in [6.45, 7) is 0. The largest absolute Gasteiger partial charge is 0.397 e. The molecule has 0 saturated heterocycles. The van der Waals surface area contributed by atoms with Crippen LogP contribution in [-0.4, -0.2) is 4.98 Å². The molecule has 4 nitrogen and oxygen atoms in total. The van der Waals surface area contributed by atoms with E-state index in [1.54, 1.807) is 12.1 Å². The zero-order chi connectivity index (χ0) is 8.97. The van der Waals surface area contributed by atoms with Gasteiger partial charge in [-0.05, 0) is 12.1 Å². The third-order valence-electron chi connectivity index (χ3n) is 1.50. The second kappa shape index (κ2) is 3.69. The predicted octanol–water partition coefficient (Wildman–Crippen LogP) is 0.577. The van der Waals surface area contributed by atoms with Crippen molar-refractivity contribution in [1.82, 2.24) is 4.98 Å². The highest BCUT2D eigenvalue weighted by atomic mass is 14.8. The minimum Gasteiger partial charge on any atom is -0.397 e. The van der Waals surface area contributed by atoms with E-state index >= 15 is 0 Å². The third kappa shape index (κ3) is 1.94. The predicted molar refractivity (Wildman–Crippen MR) is 45.8 cm³/mol. The van der Waals surface area contributed by atoms with Gasteiger partial charge >= 0.3 is 0 Å². The Hall–Kier alpha value is -1.60. The Balaban J connectivity index is 2.76. The van der Waals surface area contributed by atoms with Gasteiger partial charge in [0.05, 0.1) is 36.1 Å². The van der Waals surface area contributed by atoms with Crippen molar-refractivity contribution in [2.45, 2.75) is 12.5 Å². The van der Waals surface area contributed by atoms with Crippen molar-refractivity contribution >= 4 is 5.69 Å². The maximum Gasteiger partial charge on any atom is 0.0642 e. The number of anilines is 1. The zero-order valence-electron chi connectivity index (χ0n) is 6.57. The topological polar surface area (TPSA) is 88.7 Å². The minimum atomic E-state index is -0.310. The number of nitrogens with zero attached hydrogens (tertiary/aromatic N) is 2. The lowest BCUT2D eigenvalue weighted by atomic mass is 10.1. The summed E-state index contributed by atoms with van der Waals surface area (Å²) in [5.41, 5.74) is 12.4. The van der Waals surface area contributed by atoms with E-state index in [1.165, 1.54) is 6.20 Å². The molecule has 1 aromatic heterocycles. The van der Waals surface area contributed by atoms with Gasteiger partial charge in [0.2, 0.25) is 0 Å². The zero-order valence-corrected chi connectivity index (χ0v) is 6.57. The van der Waals surface area contributed by atoms with E-state index in [2.05, 4.69) is 4.98 Å². The van der Waals surface area contributed by atoms with Gasteiger partial charge in [-0.2, -0.15) is 5.26 Å². The van der Waals surface area contributed by atoms with Crippen LogP contribution < -0.4 is 11.5 Å². The standard InChI is InChI=1S/C8H10N4/c9-4-3-7(11)8-2-1-6(10)5-12-8/h1-2,5,7H,3,10-11H2/t7-/m1/s1. The van der Waals surface area contributed by atoms with E-state index in [0.29, 0.717) is 11.4 Å². The molecule has 62 valence electrons. The number of hydrogen-bond donors (Lipinski definition) is 2. The van der Waals surface area contributed by atoms with Crippen molar-refractivity contribution in [3.63, 3.8) is 0 Å². The summed E-state index contributed by atoms with van der Waals surface area (Å²) in [5.74, 6) is 0. The van der Waals surface area contributed by atoms with E-state index in [9.17, 15) is 0 Å². The third-order valence-corrected chi connectivity index (χ3v) is 1.50. The van der Waals surface area contributed by atoms with E-state index in [-0.39, 0.29) is 12.5 Å². The lowest BCUT2D eigenvalue weighted by molar-refractivity contribution is 0.720. The van der Waals surface area contributed by atoms with Gasteiger partial charge in [-0.15, -0.1) is 0 Å². The highest BCUT2D eigenvalue weighted by molar-refractivity contribution is 5.35. The fourth-order valence-corrected chi connectivity index (χ4v) is 0.839. The fraction of sp³-hybridized carbons (Fsp3) is 0.250. The lowest BCUT2D eigenvalue weighted by Gasteiger charge is -2.05. The molecule has 0 fully saturated rings. The molecule has 4 N–H and O–H groups in total. The highest BCUT2D eigenvalue weighted by Crippen LogP contribution is 2.11. The van der Waals surface area contributed by atoms with Crippen LogP contribution in [0.1, 0.15) is 18.2 Å². The van der Waals surface area contributed by atoms with Crippen LogP contribution in [0.5, 0.6) is 0 Å². The van der Waals surface area contributed by atoms with Crippen LogP contribution >= 0.6 is 0 Å².